The third-order valence-corrected chi connectivity index (χ3v) is 8.91. The maximum absolute atomic E-state index is 15.8. The number of carbonyl (C=O) groups is 2. The SMILES string of the molecule is Cc1ccc(S(=O)(=O)N[C@H](Cc2ccccc2)C(=O)OC[C@@]2(O)c3cc(Cl)ccc3N(C(=O)OC(C)(C)C)CCC2(F)F)cc1. The fourth-order valence-corrected chi connectivity index (χ4v) is 6.17. The van der Waals surface area contributed by atoms with Crippen molar-refractivity contribution < 1.29 is 41.4 Å². The normalized spacial score (nSPS) is 18.8. The van der Waals surface area contributed by atoms with Gasteiger partial charge in [-0.25, -0.2) is 22.0 Å². The van der Waals surface area contributed by atoms with E-state index < -0.39 is 70.4 Å². The van der Waals surface area contributed by atoms with Crippen molar-refractivity contribution in [2.75, 3.05) is 18.1 Å². The van der Waals surface area contributed by atoms with E-state index in [0.29, 0.717) is 5.56 Å². The molecule has 13 heteroatoms. The topological polar surface area (TPSA) is 122 Å². The molecule has 0 saturated heterocycles. The average Bonchev–Trinajstić information content (AvgIpc) is 3.03. The maximum atomic E-state index is 15.8. The standard InChI is InChI=1S/C32H35ClF2N2O7S/c1-21-10-13-24(14-11-21)45(41,42)36-26(18-22-8-6-5-7-9-22)28(38)43-20-31(40)25-19-23(33)12-15-27(25)37(17-16-32(31,34)35)29(39)44-30(2,3)4/h5-15,19,26,36,40H,16-18,20H2,1-4H3/t26-,31-/m1/s1. The second-order valence-corrected chi connectivity index (χ2v) is 14.0. The molecule has 45 heavy (non-hydrogen) atoms. The fraction of sp³-hybridized carbons (Fsp3) is 0.375. The molecule has 0 radical (unpaired) electrons. The Hall–Kier alpha value is -3.58. The van der Waals surface area contributed by atoms with Gasteiger partial charge in [-0.1, -0.05) is 59.6 Å². The van der Waals surface area contributed by atoms with Crippen molar-refractivity contribution in [3.05, 3.63) is 94.5 Å². The molecule has 242 valence electrons. The van der Waals surface area contributed by atoms with E-state index in [4.69, 9.17) is 21.1 Å². The third-order valence-electron chi connectivity index (χ3n) is 7.18. The molecule has 0 bridgehead atoms. The van der Waals surface area contributed by atoms with Crippen LogP contribution in [0.15, 0.2) is 77.7 Å². The van der Waals surface area contributed by atoms with E-state index in [2.05, 4.69) is 4.72 Å². The molecular weight excluding hydrogens is 630 g/mol. The minimum Gasteiger partial charge on any atom is -0.461 e. The first-order valence-electron chi connectivity index (χ1n) is 14.1. The highest BCUT2D eigenvalue weighted by Gasteiger charge is 2.58. The quantitative estimate of drug-likeness (QED) is 0.294. The number of esters is 1. The number of aliphatic hydroxyl groups is 1. The predicted octanol–water partition coefficient (Wildman–Crippen LogP) is 5.75. The lowest BCUT2D eigenvalue weighted by atomic mass is 9.86. The van der Waals surface area contributed by atoms with Gasteiger partial charge in [-0.05, 0) is 70.0 Å². The lowest BCUT2D eigenvalue weighted by Crippen LogP contribution is -2.51. The maximum Gasteiger partial charge on any atom is 0.414 e. The first-order valence-corrected chi connectivity index (χ1v) is 16.0. The molecule has 1 amide bonds. The molecule has 0 spiro atoms. The Morgan fingerprint density at radius 3 is 2.33 bits per heavy atom. The molecule has 0 unspecified atom stereocenters. The number of sulfonamides is 1. The summed E-state index contributed by atoms with van der Waals surface area (Å²) in [6, 6.07) is 16.6. The van der Waals surface area contributed by atoms with Gasteiger partial charge in [-0.15, -0.1) is 0 Å². The fourth-order valence-electron chi connectivity index (χ4n) is 4.81. The summed E-state index contributed by atoms with van der Waals surface area (Å²) in [6.45, 7) is 4.84. The van der Waals surface area contributed by atoms with Gasteiger partial charge in [0.2, 0.25) is 10.0 Å². The number of ether oxygens (including phenoxy) is 2. The number of hydrogen-bond acceptors (Lipinski definition) is 7. The minimum absolute atomic E-state index is 0.0202. The Balaban J connectivity index is 1.67. The second-order valence-electron chi connectivity index (χ2n) is 11.9. The number of nitrogens with one attached hydrogen (secondary N) is 1. The molecule has 9 nitrogen and oxygen atoms in total. The van der Waals surface area contributed by atoms with E-state index in [1.807, 2.05) is 0 Å². The van der Waals surface area contributed by atoms with Crippen LogP contribution in [0.4, 0.5) is 19.3 Å². The molecule has 0 aromatic heterocycles. The molecule has 4 rings (SSSR count). The lowest BCUT2D eigenvalue weighted by Gasteiger charge is -2.35. The van der Waals surface area contributed by atoms with Crippen LogP contribution in [-0.2, 0) is 36.3 Å². The monoisotopic (exact) mass is 664 g/mol. The molecule has 1 aliphatic heterocycles. The zero-order valence-electron chi connectivity index (χ0n) is 25.2. The van der Waals surface area contributed by atoms with Crippen molar-refractivity contribution in [3.8, 4) is 0 Å². The number of hydrogen-bond donors (Lipinski definition) is 2. The highest BCUT2D eigenvalue weighted by molar-refractivity contribution is 7.89. The molecule has 1 aliphatic rings. The molecule has 1 heterocycles. The molecule has 2 atom stereocenters. The zero-order chi connectivity index (χ0) is 33.2. The molecule has 3 aromatic rings. The second kappa shape index (κ2) is 13.0. The van der Waals surface area contributed by atoms with Crippen LogP contribution in [0.25, 0.3) is 0 Å². The van der Waals surface area contributed by atoms with Crippen molar-refractivity contribution in [1.29, 1.82) is 0 Å². The Morgan fingerprint density at radius 1 is 1.07 bits per heavy atom. The van der Waals surface area contributed by atoms with Gasteiger partial charge in [0.1, 0.15) is 18.2 Å². The summed E-state index contributed by atoms with van der Waals surface area (Å²) < 4.78 is 71.2. The first-order chi connectivity index (χ1) is 20.9. The van der Waals surface area contributed by atoms with Crippen molar-refractivity contribution in [2.24, 2.45) is 0 Å². The Kier molecular flexibility index (Phi) is 9.93. The molecule has 2 N–H and O–H groups in total. The van der Waals surface area contributed by atoms with Crippen molar-refractivity contribution in [2.45, 2.75) is 68.6 Å². The number of benzene rings is 3. The Labute approximate surface area is 266 Å². The third kappa shape index (κ3) is 7.99. The molecular formula is C32H35ClF2N2O7S. The summed E-state index contributed by atoms with van der Waals surface area (Å²) in [5.41, 5.74) is -3.27. The molecule has 0 saturated carbocycles. The zero-order valence-corrected chi connectivity index (χ0v) is 26.8. The van der Waals surface area contributed by atoms with E-state index in [-0.39, 0.29) is 22.0 Å². The number of carbonyl (C=O) groups excluding carboxylic acids is 2. The number of rotatable bonds is 8. The van der Waals surface area contributed by atoms with E-state index in [0.717, 1.165) is 16.5 Å². The summed E-state index contributed by atoms with van der Waals surface area (Å²) >= 11 is 6.15. The average molecular weight is 665 g/mol. The minimum atomic E-state index is -4.25. The van der Waals surface area contributed by atoms with Gasteiger partial charge >= 0.3 is 12.1 Å². The van der Waals surface area contributed by atoms with Crippen LogP contribution in [0.1, 0.15) is 43.9 Å². The van der Waals surface area contributed by atoms with Gasteiger partial charge in [0.25, 0.3) is 5.92 Å². The smallest absolute Gasteiger partial charge is 0.414 e. The van der Waals surface area contributed by atoms with Gasteiger partial charge in [-0.2, -0.15) is 4.72 Å². The summed E-state index contributed by atoms with van der Waals surface area (Å²) in [6.07, 6.45) is -2.11. The highest BCUT2D eigenvalue weighted by Crippen LogP contribution is 2.48. The van der Waals surface area contributed by atoms with E-state index in [1.54, 1.807) is 70.2 Å². The largest absolute Gasteiger partial charge is 0.461 e. The van der Waals surface area contributed by atoms with Crippen molar-refractivity contribution >= 4 is 39.4 Å². The van der Waals surface area contributed by atoms with Gasteiger partial charge in [0.15, 0.2) is 5.60 Å². The highest BCUT2D eigenvalue weighted by atomic mass is 35.5. The van der Waals surface area contributed by atoms with Crippen LogP contribution in [0.5, 0.6) is 0 Å². The number of nitrogens with zero attached hydrogens (tertiary/aromatic N) is 1. The lowest BCUT2D eigenvalue weighted by molar-refractivity contribution is -0.214. The number of fused-ring (bicyclic) bond motifs is 1. The molecule has 3 aromatic carbocycles. The predicted molar refractivity (Wildman–Crippen MR) is 165 cm³/mol. The van der Waals surface area contributed by atoms with Gasteiger partial charge in [0, 0.05) is 23.6 Å². The van der Waals surface area contributed by atoms with E-state index >= 15 is 8.78 Å². The molecule has 0 fully saturated rings. The first kappa shape index (κ1) is 34.3. The van der Waals surface area contributed by atoms with E-state index in [1.165, 1.54) is 24.3 Å². The van der Waals surface area contributed by atoms with Crippen molar-refractivity contribution in [1.82, 2.24) is 4.72 Å². The van der Waals surface area contributed by atoms with Crippen LogP contribution in [0.2, 0.25) is 5.02 Å². The van der Waals surface area contributed by atoms with Crippen LogP contribution in [-0.4, -0.2) is 56.3 Å². The summed E-state index contributed by atoms with van der Waals surface area (Å²) in [5, 5.41) is 11.6. The van der Waals surface area contributed by atoms with E-state index in [9.17, 15) is 23.1 Å². The summed E-state index contributed by atoms with van der Waals surface area (Å²) in [4.78, 5) is 27.4. The van der Waals surface area contributed by atoms with Crippen molar-refractivity contribution in [3.63, 3.8) is 0 Å². The van der Waals surface area contributed by atoms with Crippen LogP contribution in [0.3, 0.4) is 0 Å². The number of anilines is 1. The van der Waals surface area contributed by atoms with Gasteiger partial charge in [0.05, 0.1) is 10.6 Å². The van der Waals surface area contributed by atoms with Crippen LogP contribution >= 0.6 is 11.6 Å². The Morgan fingerprint density at radius 2 is 1.71 bits per heavy atom. The summed E-state index contributed by atoms with van der Waals surface area (Å²) in [5.74, 6) is -5.13. The Bertz CT molecular complexity index is 1650. The van der Waals surface area contributed by atoms with Gasteiger partial charge in [-0.3, -0.25) is 9.69 Å². The summed E-state index contributed by atoms with van der Waals surface area (Å²) in [7, 11) is -4.25. The van der Waals surface area contributed by atoms with Crippen LogP contribution < -0.4 is 9.62 Å². The van der Waals surface area contributed by atoms with Gasteiger partial charge < -0.3 is 14.6 Å². The number of amides is 1. The number of aryl methyl sites for hydroxylation is 1. The van der Waals surface area contributed by atoms with Crippen LogP contribution in [0, 0.1) is 6.92 Å². The number of halogens is 3. The molecule has 0 aliphatic carbocycles. The number of alkyl halides is 2.